The van der Waals surface area contributed by atoms with Gasteiger partial charge in [0.15, 0.2) is 0 Å². The molecule has 0 aromatic heterocycles. The third-order valence-corrected chi connectivity index (χ3v) is 1.88. The smallest absolute Gasteiger partial charge is 0.0809 e. The van der Waals surface area contributed by atoms with Crippen molar-refractivity contribution in [1.82, 2.24) is 4.67 Å². The molecule has 1 aliphatic heterocycles. The Balaban J connectivity index is 2.57. The molecule has 0 amide bonds. The van der Waals surface area contributed by atoms with Gasteiger partial charge < -0.3 is 0 Å². The molecule has 0 unspecified atom stereocenters. The molecule has 1 aliphatic rings. The van der Waals surface area contributed by atoms with E-state index >= 15 is 0 Å². The largest absolute Gasteiger partial charge is 0.351 e. The molecule has 0 spiro atoms. The third-order valence-electron chi connectivity index (χ3n) is 0.847. The van der Waals surface area contributed by atoms with E-state index in [9.17, 15) is 0 Å². The minimum absolute atomic E-state index is 0.634. The first-order valence-electron chi connectivity index (χ1n) is 2.37. The predicted octanol–water partition coefficient (Wildman–Crippen LogP) is 0.883. The van der Waals surface area contributed by atoms with Crippen molar-refractivity contribution < 1.29 is 0 Å². The summed E-state index contributed by atoms with van der Waals surface area (Å²) in [5.41, 5.74) is 1.87. The average molecular weight is 114 g/mol. The van der Waals surface area contributed by atoms with E-state index in [0.717, 1.165) is 0 Å². The highest BCUT2D eigenvalue weighted by atomic mass is 32.2. The maximum Gasteiger partial charge on any atom is 0.351 e. The zero-order valence-corrected chi connectivity index (χ0v) is 5.33. The van der Waals surface area contributed by atoms with Crippen molar-refractivity contribution in [2.45, 2.75) is 13.8 Å². The zero-order chi connectivity index (χ0) is 5.28. The molecule has 0 aromatic carbocycles. The summed E-state index contributed by atoms with van der Waals surface area (Å²) in [4.78, 5) is 0. The lowest BCUT2D eigenvalue weighted by Crippen LogP contribution is -2.12. The summed E-state index contributed by atoms with van der Waals surface area (Å²) in [5, 5.41) is 1.26. The predicted molar refractivity (Wildman–Crippen MR) is 35.6 cm³/mol. The standard InChI is InChI=1S/C5H8NS/c1-4(2)5-6-3-7-5/h3-4H,1-2H3/q+1. The summed E-state index contributed by atoms with van der Waals surface area (Å²) in [7, 11) is 0. The highest BCUT2D eigenvalue weighted by molar-refractivity contribution is 8.26. The van der Waals surface area contributed by atoms with Crippen LogP contribution in [0.3, 0.4) is 0 Å². The van der Waals surface area contributed by atoms with Gasteiger partial charge in [0.05, 0.1) is 17.7 Å². The lowest BCUT2D eigenvalue weighted by atomic mass is 10.2. The molecule has 0 radical (unpaired) electrons. The first-order chi connectivity index (χ1) is 3.30. The molecule has 0 saturated carbocycles. The zero-order valence-electron chi connectivity index (χ0n) is 4.51. The van der Waals surface area contributed by atoms with Crippen LogP contribution in [0.5, 0.6) is 0 Å². The van der Waals surface area contributed by atoms with Crippen LogP contribution < -0.4 is 4.67 Å². The maximum absolute atomic E-state index is 4.02. The van der Waals surface area contributed by atoms with Gasteiger partial charge in [0.1, 0.15) is 0 Å². The van der Waals surface area contributed by atoms with Crippen molar-refractivity contribution in [2.24, 2.45) is 5.92 Å². The highest BCUT2D eigenvalue weighted by Gasteiger charge is 2.22. The number of hydrogen-bond donors (Lipinski definition) is 0. The van der Waals surface area contributed by atoms with E-state index in [2.05, 4.69) is 18.5 Å². The van der Waals surface area contributed by atoms with E-state index in [0.29, 0.717) is 5.92 Å². The van der Waals surface area contributed by atoms with Gasteiger partial charge in [0.2, 0.25) is 0 Å². The lowest BCUT2D eigenvalue weighted by molar-refractivity contribution is 0.899. The third kappa shape index (κ3) is 0.872. The van der Waals surface area contributed by atoms with E-state index in [1.165, 1.54) is 5.04 Å². The van der Waals surface area contributed by atoms with Crippen LogP contribution in [0, 0.1) is 5.92 Å². The van der Waals surface area contributed by atoms with Gasteiger partial charge in [-0.2, -0.15) is 0 Å². The Morgan fingerprint density at radius 3 is 2.29 bits per heavy atom. The summed E-state index contributed by atoms with van der Waals surface area (Å²) in [5.74, 6) is 0.634. The molecular formula is C5H8NS+. The fraction of sp³-hybridized carbons (Fsp3) is 0.600. The van der Waals surface area contributed by atoms with E-state index in [-0.39, 0.29) is 0 Å². The summed E-state index contributed by atoms with van der Waals surface area (Å²) >= 11 is 1.74. The minimum atomic E-state index is 0.634. The summed E-state index contributed by atoms with van der Waals surface area (Å²) < 4.78 is 4.02. The van der Waals surface area contributed by atoms with E-state index in [4.69, 9.17) is 0 Å². The molecule has 0 atom stereocenters. The number of hydrogen-bond acceptors (Lipinski definition) is 1. The van der Waals surface area contributed by atoms with Gasteiger partial charge >= 0.3 is 10.6 Å². The Kier molecular flexibility index (Phi) is 1.22. The molecule has 38 valence electrons. The SMILES string of the molecule is CC(C)C1=[N+]=CS1. The minimum Gasteiger partial charge on any atom is -0.0809 e. The molecule has 1 heterocycles. The second-order valence-corrected chi connectivity index (χ2v) is 2.71. The molecule has 0 fully saturated rings. The Labute approximate surface area is 47.6 Å². The Morgan fingerprint density at radius 2 is 2.29 bits per heavy atom. The maximum atomic E-state index is 4.02. The van der Waals surface area contributed by atoms with E-state index in [1.54, 1.807) is 11.8 Å². The number of rotatable bonds is 1. The number of nitrogens with zero attached hydrogens (tertiary/aromatic N) is 1. The van der Waals surface area contributed by atoms with Gasteiger partial charge in [-0.15, -0.1) is 0 Å². The van der Waals surface area contributed by atoms with Crippen molar-refractivity contribution in [1.29, 1.82) is 0 Å². The van der Waals surface area contributed by atoms with Crippen molar-refractivity contribution in [3.63, 3.8) is 0 Å². The number of thioether (sulfide) groups is 1. The fourth-order valence-corrected chi connectivity index (χ4v) is 0.898. The van der Waals surface area contributed by atoms with Crippen LogP contribution in [-0.2, 0) is 0 Å². The quantitative estimate of drug-likeness (QED) is 0.462. The molecule has 2 heteroatoms. The summed E-state index contributed by atoms with van der Waals surface area (Å²) in [6, 6.07) is 0. The van der Waals surface area contributed by atoms with E-state index in [1.807, 2.05) is 5.55 Å². The van der Waals surface area contributed by atoms with Gasteiger partial charge in [-0.25, -0.2) is 0 Å². The first-order valence-corrected chi connectivity index (χ1v) is 3.24. The Hall–Kier alpha value is -0.200. The van der Waals surface area contributed by atoms with Crippen LogP contribution in [0.4, 0.5) is 0 Å². The average Bonchev–Trinajstić information content (AvgIpc) is 1.23. The molecule has 0 aliphatic carbocycles. The molecule has 0 saturated heterocycles. The first kappa shape index (κ1) is 4.95. The molecule has 1 nitrogen and oxygen atoms in total. The van der Waals surface area contributed by atoms with E-state index < -0.39 is 0 Å². The molecule has 0 N–H and O–H groups in total. The van der Waals surface area contributed by atoms with Gasteiger partial charge in [-0.05, 0) is 0 Å². The molecule has 0 bridgehead atoms. The lowest BCUT2D eigenvalue weighted by Gasteiger charge is -1.92. The van der Waals surface area contributed by atoms with Crippen LogP contribution in [0.25, 0.3) is 0 Å². The summed E-state index contributed by atoms with van der Waals surface area (Å²) in [6.45, 7) is 4.30. The summed E-state index contributed by atoms with van der Waals surface area (Å²) in [6.07, 6.45) is 0. The van der Waals surface area contributed by atoms with Crippen LogP contribution in [0.15, 0.2) is 0 Å². The normalized spacial score (nSPS) is 16.7. The van der Waals surface area contributed by atoms with Crippen LogP contribution in [0.1, 0.15) is 13.8 Å². The monoisotopic (exact) mass is 114 g/mol. The van der Waals surface area contributed by atoms with Crippen molar-refractivity contribution >= 4 is 22.4 Å². The van der Waals surface area contributed by atoms with Crippen molar-refractivity contribution in [3.05, 3.63) is 0 Å². The van der Waals surface area contributed by atoms with Crippen LogP contribution in [-0.4, -0.2) is 10.6 Å². The second kappa shape index (κ2) is 1.73. The highest BCUT2D eigenvalue weighted by Crippen LogP contribution is 2.09. The fourth-order valence-electron chi connectivity index (χ4n) is 0.399. The molecule has 7 heavy (non-hydrogen) atoms. The van der Waals surface area contributed by atoms with Crippen molar-refractivity contribution in [2.75, 3.05) is 0 Å². The van der Waals surface area contributed by atoms with Crippen molar-refractivity contribution in [3.8, 4) is 0 Å². The topological polar surface area (TPSA) is 14.1 Å². The van der Waals surface area contributed by atoms with Gasteiger partial charge in [-0.3, -0.25) is 0 Å². The van der Waals surface area contributed by atoms with Gasteiger partial charge in [0.25, 0.3) is 0 Å². The van der Waals surface area contributed by atoms with Crippen LogP contribution >= 0.6 is 11.8 Å². The Bertz CT molecular complexity index is 131. The van der Waals surface area contributed by atoms with Crippen LogP contribution in [0.2, 0.25) is 0 Å². The Morgan fingerprint density at radius 1 is 1.71 bits per heavy atom. The van der Waals surface area contributed by atoms with Gasteiger partial charge in [0, 0.05) is 0 Å². The second-order valence-electron chi connectivity index (χ2n) is 1.85. The van der Waals surface area contributed by atoms with Gasteiger partial charge in [-0.1, -0.05) is 18.5 Å². The molecule has 1 rings (SSSR count). The molecule has 0 aromatic rings. The molecular weight excluding hydrogens is 106 g/mol.